The Balaban J connectivity index is 1.84. The Morgan fingerprint density at radius 2 is 2.19 bits per heavy atom. The van der Waals surface area contributed by atoms with Crippen LogP contribution in [0.5, 0.6) is 0 Å². The molecule has 1 amide bonds. The van der Waals surface area contributed by atoms with Crippen LogP contribution in [0.2, 0.25) is 0 Å². The lowest BCUT2D eigenvalue weighted by molar-refractivity contribution is -0.146. The predicted octanol–water partition coefficient (Wildman–Crippen LogP) is 2.19. The highest BCUT2D eigenvalue weighted by atomic mass is 16.5. The number of para-hydroxylation sites is 1. The van der Waals surface area contributed by atoms with Crippen molar-refractivity contribution in [2.75, 3.05) is 20.2 Å². The molecule has 5 heteroatoms. The van der Waals surface area contributed by atoms with Crippen LogP contribution in [0.25, 0.3) is 10.9 Å². The first kappa shape index (κ1) is 13.7. The van der Waals surface area contributed by atoms with Crippen LogP contribution in [-0.4, -0.2) is 42.0 Å². The predicted molar refractivity (Wildman–Crippen MR) is 78.9 cm³/mol. The fourth-order valence-corrected chi connectivity index (χ4v) is 2.95. The zero-order valence-corrected chi connectivity index (χ0v) is 12.0. The molecule has 1 fully saturated rings. The van der Waals surface area contributed by atoms with Gasteiger partial charge in [-0.15, -0.1) is 0 Å². The van der Waals surface area contributed by atoms with Gasteiger partial charge in [0.15, 0.2) is 0 Å². The van der Waals surface area contributed by atoms with Crippen molar-refractivity contribution in [3.05, 3.63) is 36.0 Å². The number of ether oxygens (including phenoxy) is 1. The minimum absolute atomic E-state index is 0.0309. The van der Waals surface area contributed by atoms with Gasteiger partial charge in [-0.3, -0.25) is 9.59 Å². The van der Waals surface area contributed by atoms with E-state index in [0.717, 1.165) is 23.7 Å². The summed E-state index contributed by atoms with van der Waals surface area (Å²) >= 11 is 0. The van der Waals surface area contributed by atoms with Crippen LogP contribution < -0.4 is 0 Å². The van der Waals surface area contributed by atoms with Gasteiger partial charge in [0.1, 0.15) is 0 Å². The molecule has 0 saturated carbocycles. The van der Waals surface area contributed by atoms with E-state index in [1.807, 2.05) is 30.5 Å². The standard InChI is InChI=1S/C16H18N2O3/c1-21-16(20)12-5-3-9-18(10-12)15(19)13-6-2-4-11-7-8-17-14(11)13/h2,4,6-8,12,17H,3,5,9-10H2,1H3/t12-/m0/s1. The molecule has 1 N–H and O–H groups in total. The molecule has 0 radical (unpaired) electrons. The Labute approximate surface area is 122 Å². The molecule has 0 unspecified atom stereocenters. The summed E-state index contributed by atoms with van der Waals surface area (Å²) in [6, 6.07) is 7.61. The summed E-state index contributed by atoms with van der Waals surface area (Å²) in [5, 5.41) is 1.02. The van der Waals surface area contributed by atoms with E-state index in [-0.39, 0.29) is 17.8 Å². The number of amides is 1. The Morgan fingerprint density at radius 1 is 1.33 bits per heavy atom. The number of hydrogen-bond acceptors (Lipinski definition) is 3. The molecule has 2 heterocycles. The lowest BCUT2D eigenvalue weighted by Gasteiger charge is -2.31. The minimum Gasteiger partial charge on any atom is -0.469 e. The van der Waals surface area contributed by atoms with Crippen LogP contribution in [0.3, 0.4) is 0 Å². The molecule has 3 rings (SSSR count). The molecule has 1 saturated heterocycles. The third-order valence-electron chi connectivity index (χ3n) is 4.06. The van der Waals surface area contributed by atoms with Crippen LogP contribution >= 0.6 is 0 Å². The number of rotatable bonds is 2. The molecule has 1 aliphatic rings. The van der Waals surface area contributed by atoms with Gasteiger partial charge in [-0.1, -0.05) is 12.1 Å². The Bertz CT molecular complexity index is 677. The lowest BCUT2D eigenvalue weighted by atomic mass is 9.97. The van der Waals surface area contributed by atoms with Gasteiger partial charge in [0.25, 0.3) is 5.91 Å². The first-order valence-electron chi connectivity index (χ1n) is 7.14. The number of likely N-dealkylation sites (tertiary alicyclic amines) is 1. The van der Waals surface area contributed by atoms with Crippen LogP contribution in [0.15, 0.2) is 30.5 Å². The van der Waals surface area contributed by atoms with E-state index >= 15 is 0 Å². The van der Waals surface area contributed by atoms with Crippen molar-refractivity contribution in [3.8, 4) is 0 Å². The van der Waals surface area contributed by atoms with E-state index in [4.69, 9.17) is 4.74 Å². The number of nitrogens with zero attached hydrogens (tertiary/aromatic N) is 1. The molecule has 0 bridgehead atoms. The number of piperidine rings is 1. The molecule has 1 atom stereocenters. The van der Waals surface area contributed by atoms with E-state index in [0.29, 0.717) is 18.7 Å². The van der Waals surface area contributed by atoms with Crippen molar-refractivity contribution in [3.63, 3.8) is 0 Å². The first-order valence-corrected chi connectivity index (χ1v) is 7.14. The number of hydrogen-bond donors (Lipinski definition) is 1. The van der Waals surface area contributed by atoms with Gasteiger partial charge in [-0.25, -0.2) is 0 Å². The van der Waals surface area contributed by atoms with Crippen molar-refractivity contribution >= 4 is 22.8 Å². The summed E-state index contributed by atoms with van der Waals surface area (Å²) in [4.78, 5) is 29.3. The van der Waals surface area contributed by atoms with E-state index in [9.17, 15) is 9.59 Å². The van der Waals surface area contributed by atoms with Crippen LogP contribution in [0, 0.1) is 5.92 Å². The maximum atomic E-state index is 12.7. The smallest absolute Gasteiger partial charge is 0.310 e. The van der Waals surface area contributed by atoms with Gasteiger partial charge >= 0.3 is 5.97 Å². The number of carbonyl (C=O) groups is 2. The molecule has 1 aromatic carbocycles. The average Bonchev–Trinajstić information content (AvgIpc) is 3.02. The van der Waals surface area contributed by atoms with Crippen LogP contribution in [0.4, 0.5) is 0 Å². The largest absolute Gasteiger partial charge is 0.469 e. The highest BCUT2D eigenvalue weighted by molar-refractivity contribution is 6.05. The number of H-pyrrole nitrogens is 1. The van der Waals surface area contributed by atoms with Gasteiger partial charge in [-0.2, -0.15) is 0 Å². The fourth-order valence-electron chi connectivity index (χ4n) is 2.95. The van der Waals surface area contributed by atoms with E-state index in [1.54, 1.807) is 4.90 Å². The highest BCUT2D eigenvalue weighted by Gasteiger charge is 2.30. The monoisotopic (exact) mass is 286 g/mol. The van der Waals surface area contributed by atoms with Gasteiger partial charge in [0.05, 0.1) is 24.1 Å². The second kappa shape index (κ2) is 5.60. The first-order chi connectivity index (χ1) is 10.2. The summed E-state index contributed by atoms with van der Waals surface area (Å²) in [7, 11) is 1.39. The number of nitrogens with one attached hydrogen (secondary N) is 1. The number of aromatic nitrogens is 1. The Morgan fingerprint density at radius 3 is 3.00 bits per heavy atom. The SMILES string of the molecule is COC(=O)[C@H]1CCCN(C(=O)c2cccc3cc[nH]c23)C1. The molecule has 0 spiro atoms. The summed E-state index contributed by atoms with van der Waals surface area (Å²) < 4.78 is 4.80. The zero-order valence-electron chi connectivity index (χ0n) is 12.0. The highest BCUT2D eigenvalue weighted by Crippen LogP contribution is 2.23. The van der Waals surface area contributed by atoms with Crippen molar-refractivity contribution in [2.45, 2.75) is 12.8 Å². The van der Waals surface area contributed by atoms with Gasteiger partial charge in [0.2, 0.25) is 0 Å². The molecular formula is C16H18N2O3. The Hall–Kier alpha value is -2.30. The summed E-state index contributed by atoms with van der Waals surface area (Å²) in [5.74, 6) is -0.474. The number of benzene rings is 1. The van der Waals surface area contributed by atoms with Crippen molar-refractivity contribution in [1.29, 1.82) is 0 Å². The zero-order chi connectivity index (χ0) is 14.8. The van der Waals surface area contributed by atoms with Gasteiger partial charge < -0.3 is 14.6 Å². The molecule has 1 aliphatic heterocycles. The third-order valence-corrected chi connectivity index (χ3v) is 4.06. The molecule has 21 heavy (non-hydrogen) atoms. The van der Waals surface area contributed by atoms with Crippen molar-refractivity contribution < 1.29 is 14.3 Å². The van der Waals surface area contributed by atoms with Gasteiger partial charge in [0, 0.05) is 24.7 Å². The second-order valence-electron chi connectivity index (χ2n) is 5.36. The summed E-state index contributed by atoms with van der Waals surface area (Å²) in [6.07, 6.45) is 3.43. The number of esters is 1. The topological polar surface area (TPSA) is 62.4 Å². The van der Waals surface area contributed by atoms with E-state index < -0.39 is 0 Å². The van der Waals surface area contributed by atoms with Crippen LogP contribution in [-0.2, 0) is 9.53 Å². The molecule has 110 valence electrons. The lowest BCUT2D eigenvalue weighted by Crippen LogP contribution is -2.42. The van der Waals surface area contributed by atoms with Crippen molar-refractivity contribution in [1.82, 2.24) is 9.88 Å². The summed E-state index contributed by atoms with van der Waals surface area (Å²) in [5.41, 5.74) is 1.51. The second-order valence-corrected chi connectivity index (χ2v) is 5.36. The number of fused-ring (bicyclic) bond motifs is 1. The molecule has 5 nitrogen and oxygen atoms in total. The minimum atomic E-state index is -0.231. The Kier molecular flexibility index (Phi) is 3.64. The molecule has 2 aromatic rings. The normalized spacial score (nSPS) is 18.7. The third kappa shape index (κ3) is 2.51. The number of methoxy groups -OCH3 is 1. The number of aromatic amines is 1. The van der Waals surface area contributed by atoms with E-state index in [2.05, 4.69) is 4.98 Å². The molecular weight excluding hydrogens is 268 g/mol. The quantitative estimate of drug-likeness (QED) is 0.861. The maximum absolute atomic E-state index is 12.7. The number of carbonyl (C=O) groups excluding carboxylic acids is 2. The molecule has 0 aliphatic carbocycles. The van der Waals surface area contributed by atoms with Crippen LogP contribution in [0.1, 0.15) is 23.2 Å². The average molecular weight is 286 g/mol. The molecule has 1 aromatic heterocycles. The van der Waals surface area contributed by atoms with Gasteiger partial charge in [-0.05, 0) is 25.0 Å². The van der Waals surface area contributed by atoms with E-state index in [1.165, 1.54) is 7.11 Å². The maximum Gasteiger partial charge on any atom is 0.310 e. The van der Waals surface area contributed by atoms with Crippen molar-refractivity contribution in [2.24, 2.45) is 5.92 Å². The fraction of sp³-hybridized carbons (Fsp3) is 0.375. The summed E-state index contributed by atoms with van der Waals surface area (Å²) in [6.45, 7) is 1.12.